The number of carbonyl (C=O) groups is 2. The lowest BCUT2D eigenvalue weighted by atomic mass is 10.0. The standard InChI is InChI=1S/C18H20FN3O3/c1-9(23)21-7-12-8-22(18(24)25-12)11-2-3-13(16(19)6-11)10-4-14-15(5-10)17(14)20/h2-4,6,12,14-15,17H,5,7-8,20H2,1H3,(H,21,23)/t12-,14+,15+,17+/m0/s1. The highest BCUT2D eigenvalue weighted by molar-refractivity contribution is 5.90. The minimum atomic E-state index is -0.533. The largest absolute Gasteiger partial charge is 0.442 e. The molecule has 0 aromatic heterocycles. The summed E-state index contributed by atoms with van der Waals surface area (Å²) in [5, 5.41) is 2.61. The molecule has 1 heterocycles. The lowest BCUT2D eigenvalue weighted by Gasteiger charge is -2.15. The quantitative estimate of drug-likeness (QED) is 0.869. The first kappa shape index (κ1) is 16.1. The molecule has 0 bridgehead atoms. The number of hydrogen-bond acceptors (Lipinski definition) is 4. The molecule has 1 aromatic carbocycles. The van der Waals surface area contributed by atoms with Crippen LogP contribution in [0.3, 0.4) is 0 Å². The fourth-order valence-corrected chi connectivity index (χ4v) is 3.72. The molecule has 1 aliphatic heterocycles. The number of hydrogen-bond donors (Lipinski definition) is 2. The van der Waals surface area contributed by atoms with E-state index in [-0.39, 0.29) is 30.9 Å². The van der Waals surface area contributed by atoms with Gasteiger partial charge in [-0.05, 0) is 42.0 Å². The number of halogens is 1. The Morgan fingerprint density at radius 3 is 2.92 bits per heavy atom. The van der Waals surface area contributed by atoms with Gasteiger partial charge < -0.3 is 15.8 Å². The topological polar surface area (TPSA) is 84.7 Å². The number of nitrogens with one attached hydrogen (secondary N) is 1. The zero-order valence-corrected chi connectivity index (χ0v) is 13.9. The van der Waals surface area contributed by atoms with Crippen LogP contribution in [0.2, 0.25) is 0 Å². The third-order valence-corrected chi connectivity index (χ3v) is 5.20. The Kier molecular flexibility index (Phi) is 3.76. The first-order valence-electron chi connectivity index (χ1n) is 8.43. The Morgan fingerprint density at radius 1 is 1.48 bits per heavy atom. The molecule has 1 saturated heterocycles. The zero-order valence-electron chi connectivity index (χ0n) is 13.9. The van der Waals surface area contributed by atoms with E-state index in [9.17, 15) is 14.0 Å². The maximum Gasteiger partial charge on any atom is 0.414 e. The van der Waals surface area contributed by atoms with Gasteiger partial charge in [-0.1, -0.05) is 6.08 Å². The highest BCUT2D eigenvalue weighted by atomic mass is 19.1. The number of allylic oxidation sites excluding steroid dienone is 1. The molecule has 2 fully saturated rings. The molecule has 0 unspecified atom stereocenters. The summed E-state index contributed by atoms with van der Waals surface area (Å²) in [6.07, 6.45) is 1.91. The number of benzene rings is 1. The maximum absolute atomic E-state index is 14.6. The molecule has 132 valence electrons. The van der Waals surface area contributed by atoms with E-state index < -0.39 is 12.2 Å². The minimum absolute atomic E-state index is 0.187. The van der Waals surface area contributed by atoms with Crippen molar-refractivity contribution in [2.75, 3.05) is 18.0 Å². The van der Waals surface area contributed by atoms with E-state index in [0.29, 0.717) is 23.1 Å². The molecule has 0 radical (unpaired) electrons. The average Bonchev–Trinajstić information content (AvgIpc) is 2.95. The first-order valence-corrected chi connectivity index (χ1v) is 8.43. The van der Waals surface area contributed by atoms with Crippen molar-refractivity contribution in [3.8, 4) is 0 Å². The van der Waals surface area contributed by atoms with Gasteiger partial charge in [-0.25, -0.2) is 9.18 Å². The summed E-state index contributed by atoms with van der Waals surface area (Å²) in [5.41, 5.74) is 7.93. The number of amides is 2. The first-order chi connectivity index (χ1) is 11.9. The number of cyclic esters (lactones) is 1. The molecule has 1 saturated carbocycles. The Morgan fingerprint density at radius 2 is 2.28 bits per heavy atom. The summed E-state index contributed by atoms with van der Waals surface area (Å²) < 4.78 is 19.8. The van der Waals surface area contributed by atoms with Crippen molar-refractivity contribution in [1.82, 2.24) is 5.32 Å². The van der Waals surface area contributed by atoms with Crippen LogP contribution in [0, 0.1) is 17.7 Å². The van der Waals surface area contributed by atoms with Crippen molar-refractivity contribution >= 4 is 23.3 Å². The third kappa shape index (κ3) is 2.89. The number of anilines is 1. The number of ether oxygens (including phenoxy) is 1. The maximum atomic E-state index is 14.6. The van der Waals surface area contributed by atoms with E-state index in [1.165, 1.54) is 17.9 Å². The predicted octanol–water partition coefficient (Wildman–Crippen LogP) is 1.65. The zero-order chi connectivity index (χ0) is 17.7. The lowest BCUT2D eigenvalue weighted by molar-refractivity contribution is -0.119. The van der Waals surface area contributed by atoms with E-state index in [4.69, 9.17) is 10.5 Å². The second-order valence-electron chi connectivity index (χ2n) is 6.93. The highest BCUT2D eigenvalue weighted by Gasteiger charge is 2.50. The van der Waals surface area contributed by atoms with Crippen LogP contribution < -0.4 is 16.0 Å². The van der Waals surface area contributed by atoms with E-state index in [1.807, 2.05) is 0 Å². The van der Waals surface area contributed by atoms with Gasteiger partial charge in [-0.2, -0.15) is 0 Å². The second-order valence-corrected chi connectivity index (χ2v) is 6.93. The number of carbonyl (C=O) groups excluding carboxylic acids is 2. The summed E-state index contributed by atoms with van der Waals surface area (Å²) in [4.78, 5) is 24.4. The van der Waals surface area contributed by atoms with Crippen LogP contribution in [0.15, 0.2) is 24.3 Å². The molecule has 4 atom stereocenters. The number of rotatable bonds is 4. The summed E-state index contributed by atoms with van der Waals surface area (Å²) in [6, 6.07) is 5.03. The van der Waals surface area contributed by atoms with Crippen LogP contribution in [0.4, 0.5) is 14.9 Å². The number of nitrogens with zero attached hydrogens (tertiary/aromatic N) is 1. The molecule has 3 aliphatic rings. The van der Waals surface area contributed by atoms with Crippen molar-refractivity contribution < 1.29 is 18.7 Å². The van der Waals surface area contributed by atoms with Crippen molar-refractivity contribution in [2.45, 2.75) is 25.5 Å². The van der Waals surface area contributed by atoms with Crippen LogP contribution in [-0.2, 0) is 9.53 Å². The van der Waals surface area contributed by atoms with Gasteiger partial charge >= 0.3 is 6.09 Å². The van der Waals surface area contributed by atoms with Gasteiger partial charge in [0.1, 0.15) is 11.9 Å². The molecular weight excluding hydrogens is 325 g/mol. The van der Waals surface area contributed by atoms with Crippen LogP contribution in [-0.4, -0.2) is 37.2 Å². The molecule has 2 aliphatic carbocycles. The van der Waals surface area contributed by atoms with Crippen LogP contribution in [0.1, 0.15) is 18.9 Å². The third-order valence-electron chi connectivity index (χ3n) is 5.20. The van der Waals surface area contributed by atoms with Gasteiger partial charge in [0.25, 0.3) is 0 Å². The Balaban J connectivity index is 1.47. The monoisotopic (exact) mass is 345 g/mol. The Hall–Kier alpha value is -2.41. The fourth-order valence-electron chi connectivity index (χ4n) is 3.72. The Labute approximate surface area is 144 Å². The minimum Gasteiger partial charge on any atom is -0.442 e. The molecule has 25 heavy (non-hydrogen) atoms. The molecule has 2 amide bonds. The summed E-state index contributed by atoms with van der Waals surface area (Å²) in [5.74, 6) is 0.304. The van der Waals surface area contributed by atoms with Crippen LogP contribution in [0.25, 0.3) is 5.57 Å². The van der Waals surface area contributed by atoms with E-state index in [2.05, 4.69) is 11.4 Å². The molecule has 4 rings (SSSR count). The van der Waals surface area contributed by atoms with Crippen molar-refractivity contribution in [3.63, 3.8) is 0 Å². The fraction of sp³-hybridized carbons (Fsp3) is 0.444. The smallest absolute Gasteiger partial charge is 0.414 e. The highest BCUT2D eigenvalue weighted by Crippen LogP contribution is 2.52. The molecule has 0 spiro atoms. The average molecular weight is 345 g/mol. The number of fused-ring (bicyclic) bond motifs is 1. The normalized spacial score (nSPS) is 30.0. The van der Waals surface area contributed by atoms with Crippen LogP contribution in [0.5, 0.6) is 0 Å². The SMILES string of the molecule is CC(=O)NC[C@H]1CN(c2ccc(C3=C[C@H]4[C@@H](N)[C@@H]4C3)c(F)c2)C(=O)O1. The van der Waals surface area contributed by atoms with Gasteiger partial charge in [0, 0.05) is 18.5 Å². The molecule has 7 heteroatoms. The molecule has 1 aromatic rings. The van der Waals surface area contributed by atoms with Gasteiger partial charge in [0.15, 0.2) is 0 Å². The molecular formula is C18H20FN3O3. The van der Waals surface area contributed by atoms with Crippen molar-refractivity contribution in [2.24, 2.45) is 17.6 Å². The van der Waals surface area contributed by atoms with Gasteiger partial charge in [0.2, 0.25) is 5.91 Å². The summed E-state index contributed by atoms with van der Waals surface area (Å²) in [7, 11) is 0. The summed E-state index contributed by atoms with van der Waals surface area (Å²) >= 11 is 0. The van der Waals surface area contributed by atoms with Crippen molar-refractivity contribution in [3.05, 3.63) is 35.7 Å². The number of nitrogens with two attached hydrogens (primary N) is 1. The van der Waals surface area contributed by atoms with E-state index >= 15 is 0 Å². The van der Waals surface area contributed by atoms with Crippen molar-refractivity contribution in [1.29, 1.82) is 0 Å². The molecule has 3 N–H and O–H groups in total. The van der Waals surface area contributed by atoms with Gasteiger partial charge in [-0.15, -0.1) is 0 Å². The van der Waals surface area contributed by atoms with Gasteiger partial charge in [-0.3, -0.25) is 9.69 Å². The van der Waals surface area contributed by atoms with E-state index in [1.54, 1.807) is 12.1 Å². The van der Waals surface area contributed by atoms with Gasteiger partial charge in [0.05, 0.1) is 18.8 Å². The van der Waals surface area contributed by atoms with Crippen LogP contribution >= 0.6 is 0 Å². The Bertz CT molecular complexity index is 779. The molecule has 6 nitrogen and oxygen atoms in total. The van der Waals surface area contributed by atoms with E-state index in [0.717, 1.165) is 12.0 Å². The second kappa shape index (κ2) is 5.84. The predicted molar refractivity (Wildman–Crippen MR) is 90.2 cm³/mol. The lowest BCUT2D eigenvalue weighted by Crippen LogP contribution is -2.33. The summed E-state index contributed by atoms with van der Waals surface area (Å²) in [6.45, 7) is 1.92.